The van der Waals surface area contributed by atoms with Crippen LogP contribution in [-0.2, 0) is 0 Å². The van der Waals surface area contributed by atoms with Crippen LogP contribution in [-0.4, -0.2) is 60.8 Å². The summed E-state index contributed by atoms with van der Waals surface area (Å²) in [6, 6.07) is 0.322. The van der Waals surface area contributed by atoms with E-state index in [9.17, 15) is 0 Å². The van der Waals surface area contributed by atoms with Gasteiger partial charge in [-0.15, -0.1) is 0 Å². The van der Waals surface area contributed by atoms with Crippen molar-refractivity contribution in [3.8, 4) is 5.95 Å². The summed E-state index contributed by atoms with van der Waals surface area (Å²) in [6.45, 7) is 4.32. The van der Waals surface area contributed by atoms with Crippen molar-refractivity contribution in [3.63, 3.8) is 0 Å². The number of likely N-dealkylation sites (tertiary alicyclic amines) is 1. The van der Waals surface area contributed by atoms with Gasteiger partial charge in [0.25, 0.3) is 5.95 Å². The van der Waals surface area contributed by atoms with Crippen LogP contribution in [0.3, 0.4) is 0 Å². The molecule has 0 saturated carbocycles. The molecule has 0 bridgehead atoms. The third kappa shape index (κ3) is 3.27. The van der Waals surface area contributed by atoms with E-state index in [-0.39, 0.29) is 5.28 Å². The predicted molar refractivity (Wildman–Crippen MR) is 78.4 cm³/mol. The van der Waals surface area contributed by atoms with E-state index in [1.807, 2.05) is 0 Å². The fraction of sp³-hybridized carbons (Fsp3) is 0.583. The Morgan fingerprint density at radius 2 is 2.19 bits per heavy atom. The zero-order valence-electron chi connectivity index (χ0n) is 11.9. The molecule has 0 amide bonds. The first-order valence-corrected chi connectivity index (χ1v) is 7.21. The number of hydrogen-bond acceptors (Lipinski definition) is 7. The predicted octanol–water partition coefficient (Wildman–Crippen LogP) is 0.858. The van der Waals surface area contributed by atoms with Crippen molar-refractivity contribution in [2.75, 3.05) is 25.5 Å². The highest BCUT2D eigenvalue weighted by Crippen LogP contribution is 2.19. The zero-order valence-corrected chi connectivity index (χ0v) is 12.7. The molecule has 9 heteroatoms. The summed E-state index contributed by atoms with van der Waals surface area (Å²) in [5.41, 5.74) is 0. The lowest BCUT2D eigenvalue weighted by molar-refractivity contribution is 0.205. The first kappa shape index (κ1) is 14.2. The number of nitrogens with zero attached hydrogens (tertiary/aromatic N) is 7. The second-order valence-electron chi connectivity index (χ2n) is 5.35. The largest absolute Gasteiger partial charge is 0.351 e. The van der Waals surface area contributed by atoms with Crippen LogP contribution < -0.4 is 5.32 Å². The Morgan fingerprint density at radius 1 is 1.33 bits per heavy atom. The van der Waals surface area contributed by atoms with Crippen LogP contribution in [0.5, 0.6) is 0 Å². The highest BCUT2D eigenvalue weighted by Gasteiger charge is 2.25. The summed E-state index contributed by atoms with van der Waals surface area (Å²) in [6.07, 6.45) is 3.98. The number of halogens is 1. The molecule has 1 aliphatic heterocycles. The van der Waals surface area contributed by atoms with Gasteiger partial charge in [-0.2, -0.15) is 24.7 Å². The minimum Gasteiger partial charge on any atom is -0.351 e. The Balaban J connectivity index is 1.79. The van der Waals surface area contributed by atoms with E-state index in [0.29, 0.717) is 23.9 Å². The third-order valence-electron chi connectivity index (χ3n) is 3.64. The average molecular weight is 309 g/mol. The Hall–Kier alpha value is -1.80. The van der Waals surface area contributed by atoms with E-state index in [2.05, 4.69) is 49.2 Å². The quantitative estimate of drug-likeness (QED) is 0.900. The average Bonchev–Trinajstić information content (AvgIpc) is 2.95. The van der Waals surface area contributed by atoms with Gasteiger partial charge in [0.05, 0.1) is 0 Å². The molecular weight excluding hydrogens is 292 g/mol. The minimum atomic E-state index is 0.138. The number of piperidine rings is 1. The van der Waals surface area contributed by atoms with Gasteiger partial charge in [-0.25, -0.2) is 4.98 Å². The number of nitrogens with one attached hydrogen (secondary N) is 1. The Labute approximate surface area is 127 Å². The smallest absolute Gasteiger partial charge is 0.258 e. The molecule has 0 aromatic carbocycles. The van der Waals surface area contributed by atoms with Gasteiger partial charge in [0.2, 0.25) is 11.2 Å². The van der Waals surface area contributed by atoms with Crippen molar-refractivity contribution in [1.29, 1.82) is 0 Å². The molecule has 2 aromatic heterocycles. The van der Waals surface area contributed by atoms with Gasteiger partial charge in [-0.1, -0.05) is 6.92 Å². The molecule has 2 unspecified atom stereocenters. The summed E-state index contributed by atoms with van der Waals surface area (Å²) in [5.74, 6) is 1.34. The molecule has 2 aromatic rings. The van der Waals surface area contributed by atoms with Crippen LogP contribution in [0.4, 0.5) is 5.95 Å². The summed E-state index contributed by atoms with van der Waals surface area (Å²) in [4.78, 5) is 18.8. The van der Waals surface area contributed by atoms with Crippen LogP contribution in [0.1, 0.15) is 13.3 Å². The topological polar surface area (TPSA) is 84.6 Å². The highest BCUT2D eigenvalue weighted by atomic mass is 35.5. The Kier molecular flexibility index (Phi) is 3.98. The summed E-state index contributed by atoms with van der Waals surface area (Å²) in [7, 11) is 2.13. The molecular formula is C12H17ClN8. The second kappa shape index (κ2) is 5.90. The molecule has 8 nitrogen and oxygen atoms in total. The number of aromatic nitrogens is 6. The Morgan fingerprint density at radius 3 is 2.90 bits per heavy atom. The molecule has 1 N–H and O–H groups in total. The van der Waals surface area contributed by atoms with E-state index in [1.54, 1.807) is 0 Å². The molecule has 1 saturated heterocycles. The van der Waals surface area contributed by atoms with Gasteiger partial charge in [-0.3, -0.25) is 0 Å². The van der Waals surface area contributed by atoms with Crippen molar-refractivity contribution in [3.05, 3.63) is 17.9 Å². The lowest BCUT2D eigenvalue weighted by Gasteiger charge is -2.35. The molecule has 1 fully saturated rings. The number of hydrogen-bond donors (Lipinski definition) is 1. The van der Waals surface area contributed by atoms with Crippen LogP contribution in [0, 0.1) is 5.92 Å². The molecule has 1 aliphatic rings. The summed E-state index contributed by atoms with van der Waals surface area (Å²) >= 11 is 5.97. The van der Waals surface area contributed by atoms with E-state index >= 15 is 0 Å². The monoisotopic (exact) mass is 308 g/mol. The SMILES string of the molecule is CC1CN(C)CCC1Nc1nc(Cl)nc(-n2cncn2)n1. The van der Waals surface area contributed by atoms with Crippen LogP contribution >= 0.6 is 11.6 Å². The van der Waals surface area contributed by atoms with Crippen LogP contribution in [0.2, 0.25) is 5.28 Å². The lowest BCUT2D eigenvalue weighted by atomic mass is 9.94. The molecule has 3 rings (SSSR count). The van der Waals surface area contributed by atoms with Crippen molar-refractivity contribution >= 4 is 17.5 Å². The first-order chi connectivity index (χ1) is 10.1. The van der Waals surface area contributed by atoms with E-state index < -0.39 is 0 Å². The maximum Gasteiger partial charge on any atom is 0.258 e. The molecule has 2 atom stereocenters. The maximum atomic E-state index is 5.97. The number of rotatable bonds is 3. The van der Waals surface area contributed by atoms with Crippen LogP contribution in [0.15, 0.2) is 12.7 Å². The van der Waals surface area contributed by atoms with E-state index in [1.165, 1.54) is 17.3 Å². The fourth-order valence-electron chi connectivity index (χ4n) is 2.55. The maximum absolute atomic E-state index is 5.97. The molecule has 112 valence electrons. The van der Waals surface area contributed by atoms with Gasteiger partial charge in [0, 0.05) is 12.6 Å². The molecule has 21 heavy (non-hydrogen) atoms. The molecule has 3 heterocycles. The van der Waals surface area contributed by atoms with Crippen molar-refractivity contribution in [2.24, 2.45) is 5.92 Å². The van der Waals surface area contributed by atoms with Gasteiger partial charge >= 0.3 is 0 Å². The Bertz CT molecular complexity index is 601. The van der Waals surface area contributed by atoms with Crippen molar-refractivity contribution in [1.82, 2.24) is 34.6 Å². The fourth-order valence-corrected chi connectivity index (χ4v) is 2.71. The van der Waals surface area contributed by atoms with Gasteiger partial charge < -0.3 is 10.2 Å². The first-order valence-electron chi connectivity index (χ1n) is 6.83. The zero-order chi connectivity index (χ0) is 14.8. The molecule has 0 aliphatic carbocycles. The lowest BCUT2D eigenvalue weighted by Crippen LogP contribution is -2.43. The summed E-state index contributed by atoms with van der Waals surface area (Å²) < 4.78 is 1.46. The van der Waals surface area contributed by atoms with Gasteiger partial charge in [-0.05, 0) is 37.5 Å². The van der Waals surface area contributed by atoms with Crippen LogP contribution in [0.25, 0.3) is 5.95 Å². The second-order valence-corrected chi connectivity index (χ2v) is 5.69. The third-order valence-corrected chi connectivity index (χ3v) is 3.81. The molecule has 0 radical (unpaired) electrons. The molecule has 0 spiro atoms. The highest BCUT2D eigenvalue weighted by molar-refractivity contribution is 6.28. The van der Waals surface area contributed by atoms with Crippen molar-refractivity contribution in [2.45, 2.75) is 19.4 Å². The van der Waals surface area contributed by atoms with Crippen molar-refractivity contribution < 1.29 is 0 Å². The summed E-state index contributed by atoms with van der Waals surface area (Å²) in [5, 5.41) is 7.50. The van der Waals surface area contributed by atoms with E-state index in [0.717, 1.165) is 19.5 Å². The van der Waals surface area contributed by atoms with Gasteiger partial charge in [0.15, 0.2) is 0 Å². The minimum absolute atomic E-state index is 0.138. The standard InChI is InChI=1S/C12H17ClN8/c1-8-5-20(2)4-3-9(8)16-11-17-10(13)18-12(19-11)21-7-14-6-15-21/h6-9H,3-5H2,1-2H3,(H,16,17,18,19). The number of anilines is 1. The normalized spacial score (nSPS) is 23.2. The van der Waals surface area contributed by atoms with E-state index in [4.69, 9.17) is 11.6 Å². The van der Waals surface area contributed by atoms with Gasteiger partial charge in [0.1, 0.15) is 12.7 Å².